The molecule has 0 spiro atoms. The maximum Gasteiger partial charge on any atom is 0.150 e. The zero-order chi connectivity index (χ0) is 9.84. The van der Waals surface area contributed by atoms with Crippen LogP contribution >= 0.6 is 0 Å². The van der Waals surface area contributed by atoms with E-state index in [2.05, 4.69) is 0 Å². The van der Waals surface area contributed by atoms with Crippen LogP contribution in [0.2, 0.25) is 0 Å². The minimum atomic E-state index is -0.585. The molecule has 0 radical (unpaired) electrons. The van der Waals surface area contributed by atoms with Crippen LogP contribution in [0.4, 0.5) is 4.39 Å². The smallest absolute Gasteiger partial charge is 0.150 e. The molecule has 0 unspecified atom stereocenters. The number of phenols is 1. The lowest BCUT2D eigenvalue weighted by Gasteiger charge is -2.02. The van der Waals surface area contributed by atoms with Gasteiger partial charge in [-0.1, -0.05) is 12.1 Å². The second-order valence-electron chi connectivity index (χ2n) is 2.59. The van der Waals surface area contributed by atoms with Crippen LogP contribution in [0.1, 0.15) is 5.56 Å². The van der Waals surface area contributed by atoms with Gasteiger partial charge in [0.2, 0.25) is 0 Å². The molecular weight excluding hydrogens is 171 g/mol. The molecule has 0 fully saturated rings. The number of halogens is 1. The predicted molar refractivity (Wildman–Crippen MR) is 49.4 cm³/mol. The minimum Gasteiger partial charge on any atom is -0.508 e. The first-order chi connectivity index (χ1) is 6.15. The van der Waals surface area contributed by atoms with E-state index in [1.165, 1.54) is 24.3 Å². The zero-order valence-corrected chi connectivity index (χ0v) is 7.00. The molecule has 0 amide bonds. The highest BCUT2D eigenvalue weighted by molar-refractivity contribution is 5.63. The Morgan fingerprint density at radius 2 is 2.15 bits per heavy atom. The van der Waals surface area contributed by atoms with Crippen molar-refractivity contribution in [2.75, 3.05) is 6.54 Å². The molecule has 0 heterocycles. The van der Waals surface area contributed by atoms with Gasteiger partial charge in [0, 0.05) is 12.1 Å². The van der Waals surface area contributed by atoms with Gasteiger partial charge in [-0.25, -0.2) is 4.39 Å². The van der Waals surface area contributed by atoms with Crippen LogP contribution in [-0.2, 0) is 0 Å². The first-order valence-electron chi connectivity index (χ1n) is 3.78. The largest absolute Gasteiger partial charge is 0.508 e. The molecule has 1 rings (SSSR count). The van der Waals surface area contributed by atoms with Gasteiger partial charge >= 0.3 is 0 Å². The molecule has 0 atom stereocenters. The molecule has 70 valence electrons. The molecule has 0 saturated heterocycles. The third-order valence-corrected chi connectivity index (χ3v) is 1.60. The highest BCUT2D eigenvalue weighted by Gasteiger charge is 2.04. The third-order valence-electron chi connectivity index (χ3n) is 1.60. The maximum absolute atomic E-state index is 13.3. The van der Waals surface area contributed by atoms with Crippen LogP contribution in [0.15, 0.2) is 30.0 Å². The molecule has 4 heteroatoms. The third kappa shape index (κ3) is 2.19. The fourth-order valence-corrected chi connectivity index (χ4v) is 0.917. The molecule has 0 aliphatic rings. The summed E-state index contributed by atoms with van der Waals surface area (Å²) < 4.78 is 13.3. The number of rotatable bonds is 2. The van der Waals surface area contributed by atoms with E-state index in [4.69, 9.17) is 16.6 Å². The van der Waals surface area contributed by atoms with Crippen LogP contribution in [0.5, 0.6) is 5.75 Å². The van der Waals surface area contributed by atoms with Gasteiger partial charge in [0.1, 0.15) is 5.75 Å². The molecule has 5 N–H and O–H groups in total. The summed E-state index contributed by atoms with van der Waals surface area (Å²) >= 11 is 0. The molecule has 0 saturated carbocycles. The second-order valence-corrected chi connectivity index (χ2v) is 2.59. The van der Waals surface area contributed by atoms with Crippen LogP contribution in [0.3, 0.4) is 0 Å². The molecular formula is C9H11FN2O. The minimum absolute atomic E-state index is 0.00234. The lowest BCUT2D eigenvalue weighted by Crippen LogP contribution is -2.12. The van der Waals surface area contributed by atoms with E-state index in [1.807, 2.05) is 0 Å². The molecule has 0 aromatic heterocycles. The Morgan fingerprint density at radius 1 is 1.46 bits per heavy atom. The lowest BCUT2D eigenvalue weighted by molar-refractivity contribution is 0.475. The summed E-state index contributed by atoms with van der Waals surface area (Å²) in [4.78, 5) is 0. The van der Waals surface area contributed by atoms with Gasteiger partial charge in [-0.15, -0.1) is 0 Å². The fraction of sp³-hybridized carbons (Fsp3) is 0.111. The normalized spacial score (nSPS) is 12.5. The monoisotopic (exact) mass is 182 g/mol. The molecule has 0 bridgehead atoms. The van der Waals surface area contributed by atoms with E-state index in [1.54, 1.807) is 0 Å². The summed E-state index contributed by atoms with van der Waals surface area (Å²) in [5.41, 5.74) is 10.7. The average Bonchev–Trinajstić information content (AvgIpc) is 2.15. The highest BCUT2D eigenvalue weighted by Crippen LogP contribution is 2.21. The molecule has 13 heavy (non-hydrogen) atoms. The summed E-state index contributed by atoms with van der Waals surface area (Å²) in [6.45, 7) is -0.0402. The molecule has 1 aromatic rings. The number of aromatic hydroxyl groups is 1. The highest BCUT2D eigenvalue weighted by atomic mass is 19.1. The predicted octanol–water partition coefficient (Wildman–Crippen LogP) is 0.948. The first kappa shape index (κ1) is 9.54. The van der Waals surface area contributed by atoms with Gasteiger partial charge in [-0.2, -0.15) is 0 Å². The summed E-state index contributed by atoms with van der Waals surface area (Å²) in [5.74, 6) is -0.587. The Morgan fingerprint density at radius 3 is 2.69 bits per heavy atom. The molecule has 3 nitrogen and oxygen atoms in total. The van der Waals surface area contributed by atoms with Crippen molar-refractivity contribution in [2.24, 2.45) is 11.5 Å². The average molecular weight is 182 g/mol. The van der Waals surface area contributed by atoms with Crippen LogP contribution < -0.4 is 11.5 Å². The van der Waals surface area contributed by atoms with Crippen LogP contribution in [-0.4, -0.2) is 11.7 Å². The van der Waals surface area contributed by atoms with Gasteiger partial charge < -0.3 is 16.6 Å². The second kappa shape index (κ2) is 3.91. The van der Waals surface area contributed by atoms with Crippen molar-refractivity contribution < 1.29 is 9.50 Å². The molecule has 1 aromatic carbocycles. The van der Waals surface area contributed by atoms with Crippen molar-refractivity contribution in [3.05, 3.63) is 35.5 Å². The lowest BCUT2D eigenvalue weighted by atomic mass is 10.1. The Balaban J connectivity index is 3.08. The summed E-state index contributed by atoms with van der Waals surface area (Å²) in [7, 11) is 0. The Labute approximate surface area is 75.5 Å². The van der Waals surface area contributed by atoms with E-state index in [0.717, 1.165) is 0 Å². The van der Waals surface area contributed by atoms with E-state index < -0.39 is 5.83 Å². The van der Waals surface area contributed by atoms with Gasteiger partial charge in [0.25, 0.3) is 0 Å². The van der Waals surface area contributed by atoms with Crippen molar-refractivity contribution in [1.82, 2.24) is 0 Å². The van der Waals surface area contributed by atoms with E-state index in [0.29, 0.717) is 0 Å². The molecule has 0 aliphatic carbocycles. The van der Waals surface area contributed by atoms with Gasteiger partial charge in [0.05, 0.1) is 5.70 Å². The standard InChI is InChI=1S/C9H11FN2O/c10-9(8(12)5-11)6-2-1-3-7(13)4-6/h1-4,13H,5,11-12H2. The van der Waals surface area contributed by atoms with Crippen molar-refractivity contribution >= 4 is 5.83 Å². The van der Waals surface area contributed by atoms with Crippen molar-refractivity contribution in [3.8, 4) is 5.75 Å². The maximum atomic E-state index is 13.3. The van der Waals surface area contributed by atoms with Crippen molar-refractivity contribution in [1.29, 1.82) is 0 Å². The quantitative estimate of drug-likeness (QED) is 0.637. The van der Waals surface area contributed by atoms with E-state index in [-0.39, 0.29) is 23.6 Å². The van der Waals surface area contributed by atoms with Gasteiger partial charge in [-0.3, -0.25) is 0 Å². The number of hydrogen-bond acceptors (Lipinski definition) is 3. The number of nitrogens with two attached hydrogens (primary N) is 2. The Bertz CT molecular complexity index is 336. The number of phenolic OH excluding ortho intramolecular Hbond substituents is 1. The van der Waals surface area contributed by atoms with Crippen LogP contribution in [0, 0.1) is 0 Å². The topological polar surface area (TPSA) is 72.3 Å². The van der Waals surface area contributed by atoms with Crippen molar-refractivity contribution in [3.63, 3.8) is 0 Å². The number of benzene rings is 1. The molecule has 0 aliphatic heterocycles. The zero-order valence-electron chi connectivity index (χ0n) is 7.00. The summed E-state index contributed by atoms with van der Waals surface area (Å²) in [6, 6.07) is 5.79. The van der Waals surface area contributed by atoms with Crippen molar-refractivity contribution in [2.45, 2.75) is 0 Å². The summed E-state index contributed by atoms with van der Waals surface area (Å²) in [5, 5.41) is 9.06. The number of hydrogen-bond donors (Lipinski definition) is 3. The Hall–Kier alpha value is -1.55. The Kier molecular flexibility index (Phi) is 2.87. The van der Waals surface area contributed by atoms with E-state index >= 15 is 0 Å². The van der Waals surface area contributed by atoms with Gasteiger partial charge in [0.15, 0.2) is 5.83 Å². The van der Waals surface area contributed by atoms with Gasteiger partial charge in [-0.05, 0) is 12.1 Å². The SMILES string of the molecule is NCC(N)=C(F)c1cccc(O)c1. The fourth-order valence-electron chi connectivity index (χ4n) is 0.917. The first-order valence-corrected chi connectivity index (χ1v) is 3.78. The summed E-state index contributed by atoms with van der Waals surface area (Å²) in [6.07, 6.45) is 0. The van der Waals surface area contributed by atoms with Crippen LogP contribution in [0.25, 0.3) is 5.83 Å². The van der Waals surface area contributed by atoms with E-state index in [9.17, 15) is 4.39 Å².